The van der Waals surface area contributed by atoms with Crippen LogP contribution >= 0.6 is 24.0 Å². The second-order valence-corrected chi connectivity index (χ2v) is 6.47. The van der Waals surface area contributed by atoms with Crippen LogP contribution in [-0.4, -0.2) is 62.1 Å². The molecular formula is C19H29IN4. The molecule has 0 unspecified atom stereocenters. The van der Waals surface area contributed by atoms with Crippen LogP contribution in [0.15, 0.2) is 41.4 Å². The van der Waals surface area contributed by atoms with Crippen molar-refractivity contribution in [1.29, 1.82) is 0 Å². The van der Waals surface area contributed by atoms with Gasteiger partial charge in [-0.15, -0.1) is 24.0 Å². The van der Waals surface area contributed by atoms with Crippen molar-refractivity contribution in [2.75, 3.05) is 46.3 Å². The smallest absolute Gasteiger partial charge is 0.193 e. The minimum Gasteiger partial charge on any atom is -0.356 e. The van der Waals surface area contributed by atoms with Gasteiger partial charge in [-0.2, -0.15) is 0 Å². The Kier molecular flexibility index (Phi) is 8.05. The number of piperazine rings is 1. The Morgan fingerprint density at radius 2 is 1.88 bits per heavy atom. The molecule has 132 valence electrons. The zero-order chi connectivity index (χ0) is 15.9. The van der Waals surface area contributed by atoms with Crippen LogP contribution < -0.4 is 5.32 Å². The lowest BCUT2D eigenvalue weighted by Crippen LogP contribution is -2.52. The van der Waals surface area contributed by atoms with E-state index in [0.29, 0.717) is 0 Å². The minimum absolute atomic E-state index is 0. The first-order chi connectivity index (χ1) is 11.3. The molecule has 24 heavy (non-hydrogen) atoms. The number of guanidine groups is 1. The Morgan fingerprint density at radius 3 is 2.50 bits per heavy atom. The van der Waals surface area contributed by atoms with Gasteiger partial charge in [0.1, 0.15) is 0 Å². The van der Waals surface area contributed by atoms with Crippen molar-refractivity contribution in [3.05, 3.63) is 42.0 Å². The van der Waals surface area contributed by atoms with Crippen molar-refractivity contribution in [2.24, 2.45) is 10.9 Å². The summed E-state index contributed by atoms with van der Waals surface area (Å²) >= 11 is 0. The summed E-state index contributed by atoms with van der Waals surface area (Å²) in [6.07, 6.45) is 7.24. The summed E-state index contributed by atoms with van der Waals surface area (Å²) in [4.78, 5) is 9.33. The van der Waals surface area contributed by atoms with Crippen molar-refractivity contribution in [1.82, 2.24) is 15.1 Å². The van der Waals surface area contributed by atoms with E-state index < -0.39 is 0 Å². The Morgan fingerprint density at radius 1 is 1.17 bits per heavy atom. The van der Waals surface area contributed by atoms with Crippen LogP contribution in [-0.2, 0) is 0 Å². The molecule has 1 aliphatic carbocycles. The number of rotatable bonds is 5. The molecule has 4 nitrogen and oxygen atoms in total. The molecular weight excluding hydrogens is 411 g/mol. The molecule has 1 saturated heterocycles. The van der Waals surface area contributed by atoms with E-state index in [2.05, 4.69) is 62.6 Å². The summed E-state index contributed by atoms with van der Waals surface area (Å²) < 4.78 is 0. The molecule has 1 aromatic carbocycles. The van der Waals surface area contributed by atoms with Gasteiger partial charge in [-0.05, 0) is 24.3 Å². The van der Waals surface area contributed by atoms with Gasteiger partial charge in [0.15, 0.2) is 5.96 Å². The molecule has 0 aromatic heterocycles. The highest BCUT2D eigenvalue weighted by molar-refractivity contribution is 14.0. The Balaban J connectivity index is 0.00000208. The van der Waals surface area contributed by atoms with Gasteiger partial charge in [0.2, 0.25) is 0 Å². The van der Waals surface area contributed by atoms with Gasteiger partial charge in [-0.1, -0.05) is 42.5 Å². The van der Waals surface area contributed by atoms with E-state index in [9.17, 15) is 0 Å². The fourth-order valence-corrected chi connectivity index (χ4v) is 2.93. The molecule has 0 atom stereocenters. The van der Waals surface area contributed by atoms with Gasteiger partial charge in [0.25, 0.3) is 0 Å². The zero-order valence-electron chi connectivity index (χ0n) is 14.5. The lowest BCUT2D eigenvalue weighted by atomic mass is 10.2. The first-order valence-corrected chi connectivity index (χ1v) is 8.74. The number of nitrogens with one attached hydrogen (secondary N) is 1. The SMILES string of the molecule is CN=C(NCC1CC1)N1CCN(C/C=C/c2ccccc2)CC1.I. The van der Waals surface area contributed by atoms with Crippen molar-refractivity contribution in [3.8, 4) is 0 Å². The number of nitrogens with zero attached hydrogens (tertiary/aromatic N) is 3. The van der Waals surface area contributed by atoms with E-state index in [1.54, 1.807) is 0 Å². The van der Waals surface area contributed by atoms with Crippen molar-refractivity contribution in [2.45, 2.75) is 12.8 Å². The van der Waals surface area contributed by atoms with Crippen LogP contribution in [0.2, 0.25) is 0 Å². The third-order valence-electron chi connectivity index (χ3n) is 4.60. The van der Waals surface area contributed by atoms with E-state index >= 15 is 0 Å². The maximum Gasteiger partial charge on any atom is 0.193 e. The van der Waals surface area contributed by atoms with E-state index in [-0.39, 0.29) is 24.0 Å². The number of aliphatic imine (C=N–C) groups is 1. The van der Waals surface area contributed by atoms with Gasteiger partial charge >= 0.3 is 0 Å². The fraction of sp³-hybridized carbons (Fsp3) is 0.526. The Bertz CT molecular complexity index is 532. The maximum atomic E-state index is 4.44. The zero-order valence-corrected chi connectivity index (χ0v) is 16.9. The maximum absolute atomic E-state index is 4.44. The first-order valence-electron chi connectivity index (χ1n) is 8.74. The average Bonchev–Trinajstić information content (AvgIpc) is 3.42. The standard InChI is InChI=1S/C19H28N4.HI/c1-20-19(21-16-18-9-10-18)23-14-12-22(13-15-23)11-5-8-17-6-3-2-4-7-17;/h2-8,18H,9-16H2,1H3,(H,20,21);1H/b8-5+;. The lowest BCUT2D eigenvalue weighted by Gasteiger charge is -2.36. The molecule has 1 aromatic rings. The predicted molar refractivity (Wildman–Crippen MR) is 113 cm³/mol. The number of hydrogen-bond donors (Lipinski definition) is 1. The van der Waals surface area contributed by atoms with Crippen LogP contribution in [0.25, 0.3) is 6.08 Å². The molecule has 0 spiro atoms. The average molecular weight is 440 g/mol. The van der Waals surface area contributed by atoms with Crippen molar-refractivity contribution < 1.29 is 0 Å². The quantitative estimate of drug-likeness (QED) is 0.434. The highest BCUT2D eigenvalue weighted by Crippen LogP contribution is 2.27. The van der Waals surface area contributed by atoms with Gasteiger partial charge in [-0.25, -0.2) is 0 Å². The predicted octanol–water partition coefficient (Wildman–Crippen LogP) is 2.92. The molecule has 5 heteroatoms. The third-order valence-corrected chi connectivity index (χ3v) is 4.60. The molecule has 0 radical (unpaired) electrons. The van der Waals surface area contributed by atoms with E-state index in [1.807, 2.05) is 7.05 Å². The molecule has 0 bridgehead atoms. The molecule has 1 heterocycles. The lowest BCUT2D eigenvalue weighted by molar-refractivity contribution is 0.194. The van der Waals surface area contributed by atoms with Gasteiger partial charge in [-0.3, -0.25) is 9.89 Å². The minimum atomic E-state index is 0. The summed E-state index contributed by atoms with van der Waals surface area (Å²) in [5, 5.41) is 3.52. The van der Waals surface area contributed by atoms with E-state index in [0.717, 1.165) is 51.1 Å². The number of hydrogen-bond acceptors (Lipinski definition) is 2. The van der Waals surface area contributed by atoms with Crippen molar-refractivity contribution in [3.63, 3.8) is 0 Å². The summed E-state index contributed by atoms with van der Waals surface area (Å²) in [6.45, 7) is 6.43. The van der Waals surface area contributed by atoms with Gasteiger partial charge in [0.05, 0.1) is 0 Å². The molecule has 2 fully saturated rings. The Hall–Kier alpha value is -1.08. The highest BCUT2D eigenvalue weighted by Gasteiger charge is 2.23. The molecule has 3 rings (SSSR count). The highest BCUT2D eigenvalue weighted by atomic mass is 127. The molecule has 0 amide bonds. The summed E-state index contributed by atoms with van der Waals surface area (Å²) in [7, 11) is 1.89. The first kappa shape index (κ1) is 19.2. The number of benzene rings is 1. The van der Waals surface area contributed by atoms with Gasteiger partial charge < -0.3 is 10.2 Å². The van der Waals surface area contributed by atoms with Crippen LogP contribution in [0, 0.1) is 5.92 Å². The summed E-state index contributed by atoms with van der Waals surface area (Å²) in [5.74, 6) is 1.97. The van der Waals surface area contributed by atoms with Crippen LogP contribution in [0.4, 0.5) is 0 Å². The van der Waals surface area contributed by atoms with Crippen LogP contribution in [0.5, 0.6) is 0 Å². The molecule has 1 aliphatic heterocycles. The third kappa shape index (κ3) is 6.09. The van der Waals surface area contributed by atoms with Crippen molar-refractivity contribution >= 4 is 36.0 Å². The summed E-state index contributed by atoms with van der Waals surface area (Å²) in [6, 6.07) is 10.5. The fourth-order valence-electron chi connectivity index (χ4n) is 2.93. The second-order valence-electron chi connectivity index (χ2n) is 6.47. The monoisotopic (exact) mass is 440 g/mol. The number of halogens is 1. The van der Waals surface area contributed by atoms with E-state index in [4.69, 9.17) is 0 Å². The summed E-state index contributed by atoms with van der Waals surface area (Å²) in [5.41, 5.74) is 1.27. The largest absolute Gasteiger partial charge is 0.356 e. The van der Waals surface area contributed by atoms with Crippen LogP contribution in [0.1, 0.15) is 18.4 Å². The second kappa shape index (κ2) is 10.0. The molecule has 1 saturated carbocycles. The topological polar surface area (TPSA) is 30.9 Å². The molecule has 2 aliphatic rings. The van der Waals surface area contributed by atoms with Gasteiger partial charge in [0, 0.05) is 46.3 Å². The van der Waals surface area contributed by atoms with Crippen LogP contribution in [0.3, 0.4) is 0 Å². The normalized spacial score (nSPS) is 19.4. The van der Waals surface area contributed by atoms with E-state index in [1.165, 1.54) is 18.4 Å². The Labute approximate surface area is 163 Å². The molecule has 1 N–H and O–H groups in total.